The van der Waals surface area contributed by atoms with Crippen LogP contribution in [-0.4, -0.2) is 24.4 Å². The molecule has 0 spiro atoms. The van der Waals surface area contributed by atoms with Crippen molar-refractivity contribution in [2.45, 2.75) is 38.2 Å². The molecule has 0 heterocycles. The topological polar surface area (TPSA) is 35.5 Å². The third-order valence-electron chi connectivity index (χ3n) is 4.59. The lowest BCUT2D eigenvalue weighted by Crippen LogP contribution is -2.24. The molecule has 4 heteroatoms. The van der Waals surface area contributed by atoms with Crippen molar-refractivity contribution in [3.05, 3.63) is 60.7 Å². The van der Waals surface area contributed by atoms with Crippen molar-refractivity contribution < 1.29 is 14.3 Å². The third-order valence-corrected chi connectivity index (χ3v) is 5.46. The molecule has 28 heavy (non-hydrogen) atoms. The van der Waals surface area contributed by atoms with Crippen LogP contribution in [0.1, 0.15) is 27.2 Å². The van der Waals surface area contributed by atoms with E-state index >= 15 is 0 Å². The first-order chi connectivity index (χ1) is 13.5. The van der Waals surface area contributed by atoms with Gasteiger partial charge in [-0.3, -0.25) is 0 Å². The van der Waals surface area contributed by atoms with Crippen LogP contribution in [0.5, 0.6) is 5.75 Å². The summed E-state index contributed by atoms with van der Waals surface area (Å²) >= 11 is 1.81. The van der Waals surface area contributed by atoms with Gasteiger partial charge >= 0.3 is 5.97 Å². The Morgan fingerprint density at radius 3 is 2.54 bits per heavy atom. The number of benzene rings is 3. The molecule has 3 aromatic rings. The van der Waals surface area contributed by atoms with Gasteiger partial charge in [0.2, 0.25) is 0 Å². The molecular formula is C24H26O3S. The maximum atomic E-state index is 11.9. The fourth-order valence-electron chi connectivity index (χ4n) is 3.08. The molecule has 0 saturated heterocycles. The van der Waals surface area contributed by atoms with Gasteiger partial charge in [-0.25, -0.2) is 4.79 Å². The van der Waals surface area contributed by atoms with Crippen molar-refractivity contribution in [1.29, 1.82) is 0 Å². The molecule has 0 fully saturated rings. The fraction of sp³-hybridized carbons (Fsp3) is 0.292. The minimum Gasteiger partial charge on any atom is -0.488 e. The summed E-state index contributed by atoms with van der Waals surface area (Å²) in [5, 5.41) is 4.42. The first kappa shape index (κ1) is 20.3. The third kappa shape index (κ3) is 4.50. The van der Waals surface area contributed by atoms with Crippen molar-refractivity contribution in [1.82, 2.24) is 0 Å². The summed E-state index contributed by atoms with van der Waals surface area (Å²) in [5.41, 5.74) is 0.398. The average Bonchev–Trinajstić information content (AvgIpc) is 2.70. The standard InChI is InChI=1S/C24H26O3S/c1-5-19(27-24(25)16(3)4)15-26-23-21-10-8-7-9-17(21)13-18-11-12-20(28-6-2)14-22(18)23/h7-14,19H,3,5-6,15H2,1-2,4H3. The van der Waals surface area contributed by atoms with Gasteiger partial charge < -0.3 is 9.47 Å². The molecule has 3 aromatic carbocycles. The zero-order chi connectivity index (χ0) is 20.1. The van der Waals surface area contributed by atoms with Crippen molar-refractivity contribution in [3.63, 3.8) is 0 Å². The molecule has 1 atom stereocenters. The van der Waals surface area contributed by atoms with Crippen molar-refractivity contribution in [2.75, 3.05) is 12.4 Å². The molecule has 0 N–H and O–H groups in total. The summed E-state index contributed by atoms with van der Waals surface area (Å²) in [5.74, 6) is 1.49. The van der Waals surface area contributed by atoms with Crippen LogP contribution in [-0.2, 0) is 9.53 Å². The van der Waals surface area contributed by atoms with Crippen LogP contribution in [0.4, 0.5) is 0 Å². The van der Waals surface area contributed by atoms with Crippen molar-refractivity contribution in [2.24, 2.45) is 0 Å². The van der Waals surface area contributed by atoms with Crippen molar-refractivity contribution >= 4 is 39.3 Å². The first-order valence-electron chi connectivity index (χ1n) is 9.61. The van der Waals surface area contributed by atoms with E-state index in [9.17, 15) is 4.79 Å². The van der Waals surface area contributed by atoms with Gasteiger partial charge in [0.15, 0.2) is 0 Å². The quantitative estimate of drug-likeness (QED) is 0.192. The normalized spacial score (nSPS) is 12.1. The van der Waals surface area contributed by atoms with Gasteiger partial charge in [-0.05, 0) is 48.1 Å². The number of esters is 1. The SMILES string of the molecule is C=C(C)C(=O)OC(CC)COc1c2ccccc2cc2ccc(SCC)cc12. The predicted molar refractivity (Wildman–Crippen MR) is 118 cm³/mol. The molecule has 1 unspecified atom stereocenters. The van der Waals surface area contributed by atoms with Gasteiger partial charge in [0.25, 0.3) is 0 Å². The highest BCUT2D eigenvalue weighted by atomic mass is 32.2. The number of thioether (sulfide) groups is 1. The Hall–Kier alpha value is -2.46. The van der Waals surface area contributed by atoms with Gasteiger partial charge in [0, 0.05) is 21.2 Å². The van der Waals surface area contributed by atoms with Crippen LogP contribution in [0.25, 0.3) is 21.5 Å². The van der Waals surface area contributed by atoms with Gasteiger partial charge in [-0.2, -0.15) is 0 Å². The summed E-state index contributed by atoms with van der Waals surface area (Å²) in [4.78, 5) is 13.1. The molecule has 0 aliphatic rings. The number of carbonyl (C=O) groups excluding carboxylic acids is 1. The average molecular weight is 395 g/mol. The Kier molecular flexibility index (Phi) is 6.63. The van der Waals surface area contributed by atoms with E-state index in [4.69, 9.17) is 9.47 Å². The van der Waals surface area contributed by atoms with Gasteiger partial charge in [0.05, 0.1) is 0 Å². The highest BCUT2D eigenvalue weighted by Gasteiger charge is 2.16. The molecule has 3 nitrogen and oxygen atoms in total. The molecule has 0 bridgehead atoms. The second-order valence-electron chi connectivity index (χ2n) is 6.77. The Balaban J connectivity index is 1.99. The molecule has 0 amide bonds. The van der Waals surface area contributed by atoms with Gasteiger partial charge in [-0.15, -0.1) is 11.8 Å². The fourth-order valence-corrected chi connectivity index (χ4v) is 3.77. The minimum absolute atomic E-state index is 0.309. The van der Waals surface area contributed by atoms with E-state index < -0.39 is 0 Å². The van der Waals surface area contributed by atoms with Crippen LogP contribution < -0.4 is 4.74 Å². The lowest BCUT2D eigenvalue weighted by atomic mass is 10.0. The molecule has 0 radical (unpaired) electrons. The number of ether oxygens (including phenoxy) is 2. The molecule has 0 aliphatic carbocycles. The summed E-state index contributed by atoms with van der Waals surface area (Å²) in [6.07, 6.45) is 0.366. The minimum atomic E-state index is -0.375. The lowest BCUT2D eigenvalue weighted by molar-refractivity contribution is -0.145. The lowest BCUT2D eigenvalue weighted by Gasteiger charge is -2.19. The maximum absolute atomic E-state index is 11.9. The van der Waals surface area contributed by atoms with E-state index in [0.29, 0.717) is 18.6 Å². The Bertz CT molecular complexity index is 1010. The largest absolute Gasteiger partial charge is 0.488 e. The van der Waals surface area contributed by atoms with Crippen LogP contribution in [0.3, 0.4) is 0 Å². The number of fused-ring (bicyclic) bond motifs is 2. The van der Waals surface area contributed by atoms with E-state index in [0.717, 1.165) is 33.0 Å². The van der Waals surface area contributed by atoms with Crippen LogP contribution >= 0.6 is 11.8 Å². The van der Waals surface area contributed by atoms with E-state index in [1.165, 1.54) is 4.90 Å². The molecule has 146 valence electrons. The van der Waals surface area contributed by atoms with Gasteiger partial charge in [0.1, 0.15) is 18.5 Å². The zero-order valence-electron chi connectivity index (χ0n) is 16.7. The smallest absolute Gasteiger partial charge is 0.333 e. The Morgan fingerprint density at radius 1 is 1.07 bits per heavy atom. The highest BCUT2D eigenvalue weighted by molar-refractivity contribution is 7.99. The van der Waals surface area contributed by atoms with Crippen molar-refractivity contribution in [3.8, 4) is 5.75 Å². The summed E-state index contributed by atoms with van der Waals surface area (Å²) in [6, 6.07) is 16.9. The van der Waals surface area contributed by atoms with Gasteiger partial charge in [-0.1, -0.05) is 50.8 Å². The van der Waals surface area contributed by atoms with Crippen LogP contribution in [0, 0.1) is 0 Å². The van der Waals surface area contributed by atoms with E-state index in [-0.39, 0.29) is 12.1 Å². The Labute approximate surface area is 170 Å². The number of hydrogen-bond acceptors (Lipinski definition) is 4. The van der Waals surface area contributed by atoms with E-state index in [2.05, 4.69) is 49.9 Å². The number of carbonyl (C=O) groups is 1. The van der Waals surface area contributed by atoms with Crippen LogP contribution in [0.15, 0.2) is 65.6 Å². The number of rotatable bonds is 8. The summed E-state index contributed by atoms with van der Waals surface area (Å²) < 4.78 is 11.8. The first-order valence-corrected chi connectivity index (χ1v) is 10.6. The molecule has 0 saturated carbocycles. The van der Waals surface area contributed by atoms with E-state index in [1.807, 2.05) is 30.8 Å². The predicted octanol–water partition coefficient (Wildman–Crippen LogP) is 6.38. The molecule has 0 aliphatic heterocycles. The zero-order valence-corrected chi connectivity index (χ0v) is 17.5. The highest BCUT2D eigenvalue weighted by Crippen LogP contribution is 2.37. The maximum Gasteiger partial charge on any atom is 0.333 e. The van der Waals surface area contributed by atoms with Crippen LogP contribution in [0.2, 0.25) is 0 Å². The number of hydrogen-bond donors (Lipinski definition) is 0. The molecule has 0 aromatic heterocycles. The monoisotopic (exact) mass is 394 g/mol. The summed E-state index contributed by atoms with van der Waals surface area (Å²) in [6.45, 7) is 9.75. The molecule has 3 rings (SSSR count). The summed E-state index contributed by atoms with van der Waals surface area (Å²) in [7, 11) is 0. The van der Waals surface area contributed by atoms with E-state index in [1.54, 1.807) is 6.92 Å². The second-order valence-corrected chi connectivity index (χ2v) is 8.11. The molecular weight excluding hydrogens is 368 g/mol. The second kappa shape index (κ2) is 9.16. The Morgan fingerprint density at radius 2 is 1.82 bits per heavy atom.